The van der Waals surface area contributed by atoms with E-state index in [9.17, 15) is 10.2 Å². The smallest absolute Gasteiger partial charge is 0.126 e. The molecule has 1 saturated heterocycles. The van der Waals surface area contributed by atoms with Crippen LogP contribution in [-0.2, 0) is 37.7 Å². The van der Waals surface area contributed by atoms with Gasteiger partial charge in [0.1, 0.15) is 36.1 Å². The van der Waals surface area contributed by atoms with Crippen LogP contribution in [0.1, 0.15) is 125 Å². The maximum atomic E-state index is 11.3. The molecule has 1 aliphatic rings. The summed E-state index contributed by atoms with van der Waals surface area (Å²) < 4.78 is 18.3. The van der Waals surface area contributed by atoms with E-state index in [0.29, 0.717) is 25.6 Å². The number of benzene rings is 3. The van der Waals surface area contributed by atoms with Crippen molar-refractivity contribution in [1.82, 2.24) is 0 Å². The van der Waals surface area contributed by atoms with Crippen molar-refractivity contribution in [3.05, 3.63) is 76.3 Å². The average Bonchev–Trinajstić information content (AvgIpc) is 3.69. The Labute approximate surface area is 304 Å². The van der Waals surface area contributed by atoms with Gasteiger partial charge in [-0.05, 0) is 77.5 Å². The minimum atomic E-state index is -0.191. The molecular formula is C42H60O5S2. The largest absolute Gasteiger partial charge is 0.508 e. The van der Waals surface area contributed by atoms with E-state index < -0.39 is 0 Å². The second-order valence-corrected chi connectivity index (χ2v) is 21.7. The third kappa shape index (κ3) is 10.6. The Morgan fingerprint density at radius 2 is 1.00 bits per heavy atom. The Kier molecular flexibility index (Phi) is 11.6. The van der Waals surface area contributed by atoms with Crippen molar-refractivity contribution in [3.8, 4) is 17.2 Å². The number of phenolic OH excluding ortho intramolecular Hbond substituents is 2. The summed E-state index contributed by atoms with van der Waals surface area (Å²) in [5.41, 5.74) is 4.74. The normalized spacial score (nSPS) is 17.3. The molecule has 0 spiro atoms. The van der Waals surface area contributed by atoms with E-state index in [1.165, 1.54) is 20.9 Å². The summed E-state index contributed by atoms with van der Waals surface area (Å²) >= 11 is 3.73. The van der Waals surface area contributed by atoms with Crippen molar-refractivity contribution in [3.63, 3.8) is 0 Å². The van der Waals surface area contributed by atoms with Crippen molar-refractivity contribution in [1.29, 1.82) is 0 Å². The standard InChI is InChI=1S/C42H60O5S2/c1-38(2,3)30-19-28(20-31(36(30)44)39(4,5)6)48-42(13,14)49-29-21-32(40(7,8)9)37(33(22-29)41(10,11)12)46-25-35-34(47-35)24-45-23-26-15-17-27(43)18-16-26/h15-22,34-35,43-44H,23-25H2,1-14H3. The van der Waals surface area contributed by atoms with Gasteiger partial charge in [0.15, 0.2) is 0 Å². The van der Waals surface area contributed by atoms with Gasteiger partial charge in [-0.3, -0.25) is 0 Å². The van der Waals surface area contributed by atoms with E-state index in [2.05, 4.69) is 121 Å². The van der Waals surface area contributed by atoms with E-state index in [1.807, 2.05) is 35.7 Å². The molecule has 0 aromatic heterocycles. The minimum Gasteiger partial charge on any atom is -0.508 e. The van der Waals surface area contributed by atoms with Crippen LogP contribution in [0.15, 0.2) is 58.3 Å². The van der Waals surface area contributed by atoms with Crippen LogP contribution in [0.3, 0.4) is 0 Å². The Hall–Kier alpha value is -2.32. The zero-order chi connectivity index (χ0) is 36.7. The monoisotopic (exact) mass is 708 g/mol. The number of ether oxygens (including phenoxy) is 3. The van der Waals surface area contributed by atoms with Crippen molar-refractivity contribution < 1.29 is 24.4 Å². The molecule has 5 nitrogen and oxygen atoms in total. The van der Waals surface area contributed by atoms with Crippen LogP contribution < -0.4 is 4.74 Å². The van der Waals surface area contributed by atoms with E-state index >= 15 is 0 Å². The SMILES string of the molecule is CC(C)(Sc1cc(C(C)(C)C)c(O)c(C(C)(C)C)c1)Sc1cc(C(C)(C)C)c(OCC2OC2COCc2ccc(O)cc2)c(C(C)(C)C)c1. The summed E-state index contributed by atoms with van der Waals surface area (Å²) in [5, 5.41) is 20.8. The number of hydrogen-bond acceptors (Lipinski definition) is 7. The van der Waals surface area contributed by atoms with Crippen LogP contribution in [-0.4, -0.2) is 39.7 Å². The summed E-state index contributed by atoms with van der Waals surface area (Å²) in [4.78, 5) is 2.39. The molecule has 2 N–H and O–H groups in total. The number of phenols is 2. The van der Waals surface area contributed by atoms with Gasteiger partial charge in [-0.15, -0.1) is 23.5 Å². The molecule has 7 heteroatoms. The second-order valence-electron chi connectivity index (χ2n) is 18.0. The maximum Gasteiger partial charge on any atom is 0.126 e. The van der Waals surface area contributed by atoms with Crippen molar-refractivity contribution in [2.45, 2.75) is 151 Å². The summed E-state index contributed by atoms with van der Waals surface area (Å²) in [6, 6.07) is 16.1. The molecular weight excluding hydrogens is 649 g/mol. The van der Waals surface area contributed by atoms with Crippen LogP contribution in [0.25, 0.3) is 0 Å². The Balaban J connectivity index is 1.55. The van der Waals surface area contributed by atoms with Crippen LogP contribution in [0.2, 0.25) is 0 Å². The predicted octanol–water partition coefficient (Wildman–Crippen LogP) is 11.3. The van der Waals surface area contributed by atoms with E-state index in [-0.39, 0.29) is 43.7 Å². The molecule has 1 aliphatic heterocycles. The van der Waals surface area contributed by atoms with Crippen LogP contribution in [0.4, 0.5) is 0 Å². The molecule has 0 aliphatic carbocycles. The molecule has 4 rings (SSSR count). The molecule has 49 heavy (non-hydrogen) atoms. The molecule has 0 bridgehead atoms. The molecule has 2 unspecified atom stereocenters. The highest BCUT2D eigenvalue weighted by Crippen LogP contribution is 2.51. The number of hydrogen-bond donors (Lipinski definition) is 2. The number of rotatable bonds is 11. The van der Waals surface area contributed by atoms with Gasteiger partial charge in [-0.1, -0.05) is 95.2 Å². The molecule has 3 aromatic carbocycles. The Morgan fingerprint density at radius 3 is 1.43 bits per heavy atom. The topological polar surface area (TPSA) is 71.5 Å². The number of aromatic hydroxyl groups is 2. The lowest BCUT2D eigenvalue weighted by Crippen LogP contribution is -2.22. The van der Waals surface area contributed by atoms with Crippen LogP contribution in [0, 0.1) is 0 Å². The molecule has 0 radical (unpaired) electrons. The molecule has 270 valence electrons. The van der Waals surface area contributed by atoms with Gasteiger partial charge in [0.2, 0.25) is 0 Å². The number of thioether (sulfide) groups is 2. The van der Waals surface area contributed by atoms with Crippen LogP contribution >= 0.6 is 23.5 Å². The second kappa shape index (κ2) is 14.4. The van der Waals surface area contributed by atoms with Crippen molar-refractivity contribution >= 4 is 23.5 Å². The van der Waals surface area contributed by atoms with Crippen molar-refractivity contribution in [2.75, 3.05) is 13.2 Å². The fraction of sp³-hybridized carbons (Fsp3) is 0.571. The molecule has 2 atom stereocenters. The molecule has 0 saturated carbocycles. The Bertz CT molecular complexity index is 1530. The lowest BCUT2D eigenvalue weighted by Gasteiger charge is -2.32. The van der Waals surface area contributed by atoms with Gasteiger partial charge in [0.05, 0.1) is 17.3 Å². The zero-order valence-electron chi connectivity index (χ0n) is 32.3. The van der Waals surface area contributed by atoms with Gasteiger partial charge in [-0.25, -0.2) is 0 Å². The summed E-state index contributed by atoms with van der Waals surface area (Å²) in [6.45, 7) is 32.5. The zero-order valence-corrected chi connectivity index (χ0v) is 34.0. The highest BCUT2D eigenvalue weighted by atomic mass is 32.2. The van der Waals surface area contributed by atoms with Gasteiger partial charge in [0.25, 0.3) is 0 Å². The van der Waals surface area contributed by atoms with E-state index in [0.717, 1.165) is 22.4 Å². The first-order chi connectivity index (χ1) is 22.3. The molecule has 1 heterocycles. The van der Waals surface area contributed by atoms with E-state index in [4.69, 9.17) is 14.2 Å². The first kappa shape index (κ1) is 39.5. The quantitative estimate of drug-likeness (QED) is 0.117. The fourth-order valence-electron chi connectivity index (χ4n) is 5.85. The first-order valence-electron chi connectivity index (χ1n) is 17.4. The summed E-state index contributed by atoms with van der Waals surface area (Å²) in [5.74, 6) is 1.63. The Morgan fingerprint density at radius 1 is 0.592 bits per heavy atom. The fourth-order valence-corrected chi connectivity index (χ4v) is 8.44. The minimum absolute atomic E-state index is 0.00822. The highest BCUT2D eigenvalue weighted by Gasteiger charge is 2.41. The van der Waals surface area contributed by atoms with E-state index in [1.54, 1.807) is 12.1 Å². The van der Waals surface area contributed by atoms with Gasteiger partial charge >= 0.3 is 0 Å². The van der Waals surface area contributed by atoms with Gasteiger partial charge < -0.3 is 24.4 Å². The third-order valence-corrected chi connectivity index (χ3v) is 11.1. The summed E-state index contributed by atoms with van der Waals surface area (Å²) in [7, 11) is 0. The highest BCUT2D eigenvalue weighted by molar-refractivity contribution is 8.18. The van der Waals surface area contributed by atoms with Gasteiger partial charge in [0, 0.05) is 32.0 Å². The maximum absolute atomic E-state index is 11.3. The lowest BCUT2D eigenvalue weighted by atomic mass is 9.79. The molecule has 1 fully saturated rings. The molecule has 3 aromatic rings. The number of epoxide rings is 1. The lowest BCUT2D eigenvalue weighted by molar-refractivity contribution is 0.104. The third-order valence-electron chi connectivity index (χ3n) is 8.67. The first-order valence-corrected chi connectivity index (χ1v) is 19.1. The molecule has 0 amide bonds. The summed E-state index contributed by atoms with van der Waals surface area (Å²) in [6.07, 6.45) is 0.00423. The van der Waals surface area contributed by atoms with Crippen LogP contribution in [0.5, 0.6) is 17.2 Å². The predicted molar refractivity (Wildman–Crippen MR) is 207 cm³/mol. The van der Waals surface area contributed by atoms with Gasteiger partial charge in [-0.2, -0.15) is 0 Å². The van der Waals surface area contributed by atoms with Crippen molar-refractivity contribution in [2.24, 2.45) is 0 Å². The average molecular weight is 709 g/mol.